The molecule has 2 aromatic carbocycles. The van der Waals surface area contributed by atoms with Gasteiger partial charge in [0, 0.05) is 32.7 Å². The Kier molecular flexibility index (Phi) is 4.94. The van der Waals surface area contributed by atoms with Crippen LogP contribution in [0.4, 0.5) is 0 Å². The van der Waals surface area contributed by atoms with Crippen molar-refractivity contribution < 1.29 is 37.3 Å². The van der Waals surface area contributed by atoms with Crippen molar-refractivity contribution in [1.82, 2.24) is 14.0 Å². The average Bonchev–Trinajstić information content (AvgIpc) is 3.18. The molecule has 0 aliphatic heterocycles. The molecule has 0 unspecified atom stereocenters. The number of para-hydroxylation sites is 2. The Morgan fingerprint density at radius 2 is 1.68 bits per heavy atom. The van der Waals surface area contributed by atoms with E-state index in [1.54, 1.807) is 0 Å². The number of benzene rings is 2. The van der Waals surface area contributed by atoms with Gasteiger partial charge in [0.25, 0.3) is 0 Å². The van der Waals surface area contributed by atoms with E-state index >= 15 is 0 Å². The van der Waals surface area contributed by atoms with E-state index in [0.717, 1.165) is 33.9 Å². The van der Waals surface area contributed by atoms with Crippen LogP contribution in [0.2, 0.25) is 0 Å². The van der Waals surface area contributed by atoms with E-state index in [9.17, 15) is 0 Å². The van der Waals surface area contributed by atoms with Crippen LogP contribution in [0.15, 0.2) is 60.7 Å². The normalized spacial score (nSPS) is 11.1. The van der Waals surface area contributed by atoms with Crippen molar-refractivity contribution in [1.29, 1.82) is 0 Å². The SMILES string of the molecule is Cc1c(C)n2c3ccccc3nc2n1-c1cc[c-]c(-c2[c-]cccc2)[n+]1C.[Y]. The molecule has 28 heavy (non-hydrogen) atoms. The van der Waals surface area contributed by atoms with Crippen LogP contribution >= 0.6 is 0 Å². The zero-order valence-corrected chi connectivity index (χ0v) is 19.0. The van der Waals surface area contributed by atoms with Crippen LogP contribution < -0.4 is 4.57 Å². The average molecular weight is 440 g/mol. The Morgan fingerprint density at radius 3 is 2.46 bits per heavy atom. The zero-order chi connectivity index (χ0) is 18.5. The Bertz CT molecular complexity index is 1300. The molecule has 3 heterocycles. The first kappa shape index (κ1) is 19.0. The first-order chi connectivity index (χ1) is 13.2. The van der Waals surface area contributed by atoms with Crippen LogP contribution in [0.25, 0.3) is 33.9 Å². The van der Waals surface area contributed by atoms with E-state index in [0.29, 0.717) is 0 Å². The fraction of sp³-hybridized carbons (Fsp3) is 0.130. The molecule has 0 spiro atoms. The summed E-state index contributed by atoms with van der Waals surface area (Å²) in [7, 11) is 2.07. The van der Waals surface area contributed by atoms with Gasteiger partial charge in [0.1, 0.15) is 5.69 Å². The van der Waals surface area contributed by atoms with Crippen molar-refractivity contribution in [2.75, 3.05) is 0 Å². The summed E-state index contributed by atoms with van der Waals surface area (Å²) in [6.45, 7) is 4.29. The second-order valence-corrected chi connectivity index (χ2v) is 6.76. The van der Waals surface area contributed by atoms with E-state index in [2.05, 4.69) is 76.9 Å². The van der Waals surface area contributed by atoms with Crippen LogP contribution in [0.5, 0.6) is 0 Å². The van der Waals surface area contributed by atoms with Crippen LogP contribution in [0, 0.1) is 26.0 Å². The Balaban J connectivity index is 0.00000192. The molecular weight excluding hydrogens is 421 g/mol. The third-order valence-corrected chi connectivity index (χ3v) is 5.26. The summed E-state index contributed by atoms with van der Waals surface area (Å²) in [4.78, 5) is 4.91. The summed E-state index contributed by atoms with van der Waals surface area (Å²) in [6, 6.07) is 27.0. The summed E-state index contributed by atoms with van der Waals surface area (Å²) >= 11 is 0. The fourth-order valence-corrected chi connectivity index (χ4v) is 3.78. The molecule has 0 fully saturated rings. The number of rotatable bonds is 2. The van der Waals surface area contributed by atoms with Gasteiger partial charge in [-0.15, -0.1) is 6.07 Å². The number of fused-ring (bicyclic) bond motifs is 3. The number of imidazole rings is 2. The molecular formula is C23H19N4Y-. The molecule has 0 saturated carbocycles. The van der Waals surface area contributed by atoms with Gasteiger partial charge in [-0.2, -0.15) is 39.9 Å². The van der Waals surface area contributed by atoms with Crippen molar-refractivity contribution in [3.8, 4) is 17.1 Å². The number of nitrogens with zero attached hydrogens (tertiary/aromatic N) is 4. The summed E-state index contributed by atoms with van der Waals surface area (Å²) in [5.74, 6) is 1.97. The zero-order valence-electron chi connectivity index (χ0n) is 16.1. The van der Waals surface area contributed by atoms with Gasteiger partial charge >= 0.3 is 5.78 Å². The van der Waals surface area contributed by atoms with Crippen molar-refractivity contribution in [2.24, 2.45) is 7.05 Å². The van der Waals surface area contributed by atoms with Crippen LogP contribution in [-0.2, 0) is 39.8 Å². The summed E-state index contributed by atoms with van der Waals surface area (Å²) in [5, 5.41) is 0. The number of aromatic nitrogens is 4. The van der Waals surface area contributed by atoms with Gasteiger partial charge in [-0.3, -0.25) is 4.40 Å². The molecule has 4 nitrogen and oxygen atoms in total. The van der Waals surface area contributed by atoms with E-state index in [1.807, 2.05) is 30.3 Å². The molecule has 0 aliphatic rings. The Hall–Kier alpha value is -2.30. The maximum absolute atomic E-state index is 4.91. The van der Waals surface area contributed by atoms with Crippen molar-refractivity contribution in [3.63, 3.8) is 0 Å². The summed E-state index contributed by atoms with van der Waals surface area (Å²) in [5.41, 5.74) is 6.52. The molecule has 3 aromatic heterocycles. The molecule has 1 radical (unpaired) electrons. The molecule has 0 N–H and O–H groups in total. The van der Waals surface area contributed by atoms with Crippen molar-refractivity contribution in [3.05, 3.63) is 84.2 Å². The number of pyridine rings is 1. The van der Waals surface area contributed by atoms with E-state index in [-0.39, 0.29) is 32.7 Å². The van der Waals surface area contributed by atoms with Gasteiger partial charge in [0.2, 0.25) is 5.82 Å². The van der Waals surface area contributed by atoms with E-state index < -0.39 is 0 Å². The van der Waals surface area contributed by atoms with Gasteiger partial charge in [-0.1, -0.05) is 23.9 Å². The standard InChI is InChI=1S/C23H19N4.Y/c1-16-17(2)27(23-24-19-12-7-8-13-21(19)26(16)23)22-15-9-14-20(25(22)3)18-10-5-4-6-11-18;/h4-10,12-13,15H,1-3H3;/q-1;. The number of hydrogen-bond donors (Lipinski definition) is 0. The molecule has 0 amide bonds. The van der Waals surface area contributed by atoms with Gasteiger partial charge in [-0.05, 0) is 26.0 Å². The monoisotopic (exact) mass is 440 g/mol. The quantitative estimate of drug-likeness (QED) is 0.301. The van der Waals surface area contributed by atoms with Gasteiger partial charge in [-0.25, -0.2) is 11.6 Å². The van der Waals surface area contributed by atoms with Gasteiger partial charge < -0.3 is 4.57 Å². The van der Waals surface area contributed by atoms with Crippen molar-refractivity contribution >= 4 is 16.8 Å². The third kappa shape index (κ3) is 2.75. The predicted octanol–water partition coefficient (Wildman–Crippen LogP) is 3.98. The Labute approximate surface area is 189 Å². The maximum Gasteiger partial charge on any atom is 0.311 e. The van der Waals surface area contributed by atoms with Crippen LogP contribution in [-0.4, -0.2) is 14.0 Å². The predicted molar refractivity (Wildman–Crippen MR) is 106 cm³/mol. The molecule has 5 rings (SSSR count). The molecule has 0 bridgehead atoms. The minimum atomic E-state index is 0. The first-order valence-electron chi connectivity index (χ1n) is 9.00. The molecule has 5 heteroatoms. The third-order valence-electron chi connectivity index (χ3n) is 5.26. The minimum absolute atomic E-state index is 0. The second-order valence-electron chi connectivity index (χ2n) is 6.76. The van der Waals surface area contributed by atoms with E-state index in [1.165, 1.54) is 11.4 Å². The second kappa shape index (κ2) is 7.27. The fourth-order valence-electron chi connectivity index (χ4n) is 3.78. The maximum atomic E-state index is 4.91. The molecule has 5 aromatic rings. The van der Waals surface area contributed by atoms with Gasteiger partial charge in [0.05, 0.1) is 23.8 Å². The molecule has 0 saturated heterocycles. The van der Waals surface area contributed by atoms with Crippen molar-refractivity contribution in [2.45, 2.75) is 13.8 Å². The smallest absolute Gasteiger partial charge is 0.304 e. The largest absolute Gasteiger partial charge is 0.311 e. The van der Waals surface area contributed by atoms with Crippen LogP contribution in [0.3, 0.4) is 0 Å². The number of hydrogen-bond acceptors (Lipinski definition) is 1. The van der Waals surface area contributed by atoms with Crippen LogP contribution in [0.1, 0.15) is 11.4 Å². The first-order valence-corrected chi connectivity index (χ1v) is 9.00. The Morgan fingerprint density at radius 1 is 0.893 bits per heavy atom. The minimum Gasteiger partial charge on any atom is -0.304 e. The molecule has 0 atom stereocenters. The summed E-state index contributed by atoms with van der Waals surface area (Å²) < 4.78 is 6.60. The molecule has 0 aliphatic carbocycles. The topological polar surface area (TPSA) is 26.1 Å². The molecule has 135 valence electrons. The van der Waals surface area contributed by atoms with Gasteiger partial charge in [0.15, 0.2) is 0 Å². The number of aryl methyl sites for hydroxylation is 1. The summed E-state index contributed by atoms with van der Waals surface area (Å²) in [6.07, 6.45) is 0. The van der Waals surface area contributed by atoms with E-state index in [4.69, 9.17) is 4.98 Å².